The molecule has 1 aliphatic heterocycles. The van der Waals surface area contributed by atoms with Crippen LogP contribution in [0.1, 0.15) is 25.5 Å². The highest BCUT2D eigenvalue weighted by atomic mass is 35.5. The summed E-state index contributed by atoms with van der Waals surface area (Å²) in [5.74, 6) is 3.25. The number of benzene rings is 1. The van der Waals surface area contributed by atoms with Gasteiger partial charge in [-0.3, -0.25) is 0 Å². The van der Waals surface area contributed by atoms with Crippen molar-refractivity contribution in [3.63, 3.8) is 0 Å². The number of fused-ring (bicyclic) bond motifs is 2. The minimum absolute atomic E-state index is 0.347. The monoisotopic (exact) mass is 439 g/mol. The van der Waals surface area contributed by atoms with Crippen LogP contribution in [0.5, 0.6) is 11.8 Å². The largest absolute Gasteiger partial charge is 0.423 e. The SMILES string of the molecule is CCn1nc(NC2[C@@H]3CC[C@H]2CN(c2cc(C)ncn2)C3)nc1Oc1ccccc1Cl. The van der Waals surface area contributed by atoms with Gasteiger partial charge in [-0.05, 0) is 50.7 Å². The average Bonchev–Trinajstić information content (AvgIpc) is 3.25. The molecular formula is C22H26ClN7O. The van der Waals surface area contributed by atoms with Gasteiger partial charge in [0.25, 0.3) is 0 Å². The molecular weight excluding hydrogens is 414 g/mol. The van der Waals surface area contributed by atoms with E-state index < -0.39 is 0 Å². The lowest BCUT2D eigenvalue weighted by Crippen LogP contribution is -2.48. The summed E-state index contributed by atoms with van der Waals surface area (Å²) in [6.45, 7) is 6.63. The van der Waals surface area contributed by atoms with Crippen molar-refractivity contribution in [1.29, 1.82) is 0 Å². The Kier molecular flexibility index (Phi) is 5.40. The summed E-state index contributed by atoms with van der Waals surface area (Å²) in [7, 11) is 0. The molecule has 3 aromatic rings. The molecule has 9 heteroatoms. The van der Waals surface area contributed by atoms with Crippen molar-refractivity contribution in [2.45, 2.75) is 39.3 Å². The highest BCUT2D eigenvalue weighted by Crippen LogP contribution is 2.40. The molecule has 2 aliphatic rings. The fraction of sp³-hybridized carbons (Fsp3) is 0.455. The van der Waals surface area contributed by atoms with Crippen LogP contribution >= 0.6 is 11.6 Å². The van der Waals surface area contributed by atoms with E-state index in [-0.39, 0.29) is 0 Å². The average molecular weight is 440 g/mol. The van der Waals surface area contributed by atoms with Crippen LogP contribution < -0.4 is 15.0 Å². The van der Waals surface area contributed by atoms with Crippen LogP contribution in [0.25, 0.3) is 0 Å². The molecule has 1 N–H and O–H groups in total. The standard InChI is InChI=1S/C22H26ClN7O/c1-3-30-22(31-18-7-5-4-6-17(18)23)27-21(28-30)26-20-15-8-9-16(20)12-29(11-15)19-10-14(2)24-13-25-19/h4-7,10,13,15-16,20H,3,8-9,11-12H2,1-2H3,(H,26,28)/t15-,16+,20?. The van der Waals surface area contributed by atoms with E-state index in [1.807, 2.05) is 32.0 Å². The van der Waals surface area contributed by atoms with Crippen LogP contribution in [0, 0.1) is 18.8 Å². The van der Waals surface area contributed by atoms with Crippen molar-refractivity contribution < 1.29 is 4.74 Å². The molecule has 3 heterocycles. The second-order valence-corrected chi connectivity index (χ2v) is 8.66. The lowest BCUT2D eigenvalue weighted by molar-refractivity contribution is 0.374. The minimum Gasteiger partial charge on any atom is -0.423 e. The molecule has 1 aliphatic carbocycles. The van der Waals surface area contributed by atoms with Crippen molar-refractivity contribution in [2.75, 3.05) is 23.3 Å². The third kappa shape index (κ3) is 4.04. The number of ether oxygens (including phenoxy) is 1. The van der Waals surface area contributed by atoms with Crippen molar-refractivity contribution in [2.24, 2.45) is 11.8 Å². The number of hydrogen-bond acceptors (Lipinski definition) is 7. The zero-order valence-electron chi connectivity index (χ0n) is 17.7. The van der Waals surface area contributed by atoms with Crippen LogP contribution in [0.15, 0.2) is 36.7 Å². The second kappa shape index (κ2) is 8.34. The molecule has 2 aromatic heterocycles. The second-order valence-electron chi connectivity index (χ2n) is 8.26. The zero-order valence-corrected chi connectivity index (χ0v) is 18.5. The minimum atomic E-state index is 0.347. The molecule has 2 fully saturated rings. The van der Waals surface area contributed by atoms with Gasteiger partial charge in [0.05, 0.1) is 5.02 Å². The molecule has 1 unspecified atom stereocenters. The van der Waals surface area contributed by atoms with Gasteiger partial charge in [0, 0.05) is 37.4 Å². The molecule has 5 rings (SSSR count). The van der Waals surface area contributed by atoms with Gasteiger partial charge in [-0.25, -0.2) is 14.6 Å². The molecule has 0 radical (unpaired) electrons. The highest BCUT2D eigenvalue weighted by molar-refractivity contribution is 6.32. The number of piperidine rings is 1. The Bertz CT molecular complexity index is 1060. The molecule has 1 saturated heterocycles. The van der Waals surface area contributed by atoms with Crippen molar-refractivity contribution in [3.05, 3.63) is 47.4 Å². The molecule has 2 bridgehead atoms. The molecule has 8 nitrogen and oxygen atoms in total. The maximum atomic E-state index is 6.24. The molecule has 162 valence electrons. The van der Waals surface area contributed by atoms with Crippen LogP contribution in [0.4, 0.5) is 11.8 Å². The number of rotatable bonds is 6. The molecule has 31 heavy (non-hydrogen) atoms. The van der Waals surface area contributed by atoms with Gasteiger partial charge in [-0.2, -0.15) is 4.98 Å². The molecule has 3 atom stereocenters. The molecule has 1 saturated carbocycles. The summed E-state index contributed by atoms with van der Waals surface area (Å²) in [6, 6.07) is 10.2. The fourth-order valence-electron chi connectivity index (χ4n) is 4.70. The van der Waals surface area contributed by atoms with Gasteiger partial charge < -0.3 is 15.0 Å². The summed E-state index contributed by atoms with van der Waals surface area (Å²) in [5.41, 5.74) is 0.998. The van der Waals surface area contributed by atoms with Crippen LogP contribution in [0.2, 0.25) is 5.02 Å². The van der Waals surface area contributed by atoms with Gasteiger partial charge in [0.1, 0.15) is 17.9 Å². The Morgan fingerprint density at radius 3 is 2.65 bits per heavy atom. The van der Waals surface area contributed by atoms with Gasteiger partial charge in [-0.1, -0.05) is 23.7 Å². The normalized spacial score (nSPS) is 22.5. The Labute approximate surface area is 186 Å². The summed E-state index contributed by atoms with van der Waals surface area (Å²) in [4.78, 5) is 15.7. The Morgan fingerprint density at radius 2 is 1.94 bits per heavy atom. The van der Waals surface area contributed by atoms with E-state index in [0.29, 0.717) is 47.2 Å². The zero-order chi connectivity index (χ0) is 21.4. The van der Waals surface area contributed by atoms with Crippen LogP contribution in [-0.4, -0.2) is 43.9 Å². The number of nitrogens with one attached hydrogen (secondary N) is 1. The third-order valence-electron chi connectivity index (χ3n) is 6.22. The van der Waals surface area contributed by atoms with E-state index in [1.54, 1.807) is 17.1 Å². The fourth-order valence-corrected chi connectivity index (χ4v) is 4.88. The van der Waals surface area contributed by atoms with Gasteiger partial charge in [0.2, 0.25) is 5.95 Å². The molecule has 1 aromatic carbocycles. The summed E-state index contributed by atoms with van der Waals surface area (Å²) < 4.78 is 7.71. The first kappa shape index (κ1) is 20.1. The lowest BCUT2D eigenvalue weighted by Gasteiger charge is -2.38. The first-order valence-corrected chi connectivity index (χ1v) is 11.2. The number of hydrogen-bond donors (Lipinski definition) is 1. The summed E-state index contributed by atoms with van der Waals surface area (Å²) in [5, 5.41) is 8.78. The number of halogens is 1. The number of anilines is 2. The Balaban J connectivity index is 1.31. The Hall–Kier alpha value is -2.87. The van der Waals surface area contributed by atoms with E-state index in [9.17, 15) is 0 Å². The van der Waals surface area contributed by atoms with Crippen molar-refractivity contribution in [1.82, 2.24) is 24.7 Å². The van der Waals surface area contributed by atoms with E-state index in [2.05, 4.69) is 36.3 Å². The van der Waals surface area contributed by atoms with E-state index in [0.717, 1.165) is 24.6 Å². The number of nitrogens with zero attached hydrogens (tertiary/aromatic N) is 6. The number of aromatic nitrogens is 5. The topological polar surface area (TPSA) is 81.0 Å². The van der Waals surface area contributed by atoms with Gasteiger partial charge >= 0.3 is 6.01 Å². The predicted molar refractivity (Wildman–Crippen MR) is 120 cm³/mol. The summed E-state index contributed by atoms with van der Waals surface area (Å²) in [6.07, 6.45) is 4.04. The molecule has 0 amide bonds. The maximum Gasteiger partial charge on any atom is 0.322 e. The van der Waals surface area contributed by atoms with Crippen molar-refractivity contribution >= 4 is 23.4 Å². The highest BCUT2D eigenvalue weighted by Gasteiger charge is 2.43. The third-order valence-corrected chi connectivity index (χ3v) is 6.53. The quantitative estimate of drug-likeness (QED) is 0.617. The maximum absolute atomic E-state index is 6.24. The van der Waals surface area contributed by atoms with E-state index in [1.165, 1.54) is 12.8 Å². The predicted octanol–water partition coefficient (Wildman–Crippen LogP) is 4.17. The van der Waals surface area contributed by atoms with E-state index in [4.69, 9.17) is 16.3 Å². The lowest BCUT2D eigenvalue weighted by atomic mass is 9.92. The van der Waals surface area contributed by atoms with E-state index >= 15 is 0 Å². The first-order chi connectivity index (χ1) is 15.1. The van der Waals surface area contributed by atoms with Gasteiger partial charge in [-0.15, -0.1) is 5.10 Å². The molecule has 0 spiro atoms. The number of aryl methyl sites for hydroxylation is 2. The van der Waals surface area contributed by atoms with Gasteiger partial charge in [0.15, 0.2) is 0 Å². The Morgan fingerprint density at radius 1 is 1.16 bits per heavy atom. The smallest absolute Gasteiger partial charge is 0.322 e. The summed E-state index contributed by atoms with van der Waals surface area (Å²) >= 11 is 6.24. The van der Waals surface area contributed by atoms with Crippen LogP contribution in [-0.2, 0) is 6.54 Å². The number of para-hydroxylation sites is 1. The first-order valence-electron chi connectivity index (χ1n) is 10.8. The van der Waals surface area contributed by atoms with Crippen LogP contribution in [0.3, 0.4) is 0 Å². The van der Waals surface area contributed by atoms with Crippen molar-refractivity contribution in [3.8, 4) is 11.8 Å².